The highest BCUT2D eigenvalue weighted by Crippen LogP contribution is 2.26. The van der Waals surface area contributed by atoms with Gasteiger partial charge in [-0.1, -0.05) is 6.07 Å². The Morgan fingerprint density at radius 3 is 2.76 bits per heavy atom. The highest BCUT2D eigenvalue weighted by Gasteiger charge is 2.05. The number of aromatic amines is 1. The summed E-state index contributed by atoms with van der Waals surface area (Å²) in [6.07, 6.45) is 3.68. The Morgan fingerprint density at radius 2 is 2.00 bits per heavy atom. The molecule has 0 spiro atoms. The average Bonchev–Trinajstić information content (AvgIpc) is 2.74. The number of rotatable bonds is 1. The first-order valence-corrected chi connectivity index (χ1v) is 5.74. The van der Waals surface area contributed by atoms with Crippen LogP contribution in [0.15, 0.2) is 42.7 Å². The molecule has 2 heterocycles. The lowest BCUT2D eigenvalue weighted by Crippen LogP contribution is -1.78. The standard InChI is InChI=1S/C15H14N2/c1-10-6-11(2)13-8-14(17-15(13)7-10)12-4-3-5-16-9-12/h3-9,17H,1-2H3. The minimum absolute atomic E-state index is 1.13. The third kappa shape index (κ3) is 1.72. The molecule has 0 radical (unpaired) electrons. The highest BCUT2D eigenvalue weighted by atomic mass is 14.7. The number of H-pyrrole nitrogens is 1. The van der Waals surface area contributed by atoms with Crippen molar-refractivity contribution in [1.29, 1.82) is 0 Å². The molecule has 0 bridgehead atoms. The second-order valence-corrected chi connectivity index (χ2v) is 4.47. The van der Waals surface area contributed by atoms with Crippen molar-refractivity contribution in [2.24, 2.45) is 0 Å². The Bertz CT molecular complexity index is 666. The Labute approximate surface area is 100 Å². The van der Waals surface area contributed by atoms with Gasteiger partial charge in [-0.25, -0.2) is 0 Å². The van der Waals surface area contributed by atoms with Crippen molar-refractivity contribution in [3.63, 3.8) is 0 Å². The quantitative estimate of drug-likeness (QED) is 0.665. The first-order valence-electron chi connectivity index (χ1n) is 5.74. The van der Waals surface area contributed by atoms with Crippen LogP contribution in [0.2, 0.25) is 0 Å². The third-order valence-electron chi connectivity index (χ3n) is 3.06. The minimum atomic E-state index is 1.13. The van der Waals surface area contributed by atoms with E-state index in [1.807, 2.05) is 12.3 Å². The van der Waals surface area contributed by atoms with Crippen LogP contribution in [-0.2, 0) is 0 Å². The van der Waals surface area contributed by atoms with Gasteiger partial charge in [-0.3, -0.25) is 4.98 Å². The molecule has 0 fully saturated rings. The second-order valence-electron chi connectivity index (χ2n) is 4.47. The van der Waals surface area contributed by atoms with Gasteiger partial charge in [0, 0.05) is 34.6 Å². The van der Waals surface area contributed by atoms with Crippen LogP contribution in [0, 0.1) is 13.8 Å². The van der Waals surface area contributed by atoms with Crippen molar-refractivity contribution in [2.75, 3.05) is 0 Å². The van der Waals surface area contributed by atoms with E-state index in [-0.39, 0.29) is 0 Å². The predicted molar refractivity (Wildman–Crippen MR) is 71.0 cm³/mol. The summed E-state index contributed by atoms with van der Waals surface area (Å²) in [7, 11) is 0. The topological polar surface area (TPSA) is 28.7 Å². The number of benzene rings is 1. The van der Waals surface area contributed by atoms with Crippen molar-refractivity contribution in [3.8, 4) is 11.3 Å². The van der Waals surface area contributed by atoms with Crippen molar-refractivity contribution in [1.82, 2.24) is 9.97 Å². The summed E-state index contributed by atoms with van der Waals surface area (Å²) in [4.78, 5) is 7.60. The maximum atomic E-state index is 4.15. The molecule has 1 N–H and O–H groups in total. The van der Waals surface area contributed by atoms with Crippen LogP contribution in [0.3, 0.4) is 0 Å². The molecule has 17 heavy (non-hydrogen) atoms. The molecule has 2 aromatic heterocycles. The van der Waals surface area contributed by atoms with Crippen LogP contribution in [-0.4, -0.2) is 9.97 Å². The maximum Gasteiger partial charge on any atom is 0.0480 e. The Balaban J connectivity index is 2.24. The number of pyridine rings is 1. The fourth-order valence-corrected chi connectivity index (χ4v) is 2.28. The maximum absolute atomic E-state index is 4.15. The third-order valence-corrected chi connectivity index (χ3v) is 3.06. The SMILES string of the molecule is Cc1cc(C)c2cc(-c3cccnc3)[nH]c2c1. The zero-order valence-electron chi connectivity index (χ0n) is 9.99. The van der Waals surface area contributed by atoms with E-state index in [4.69, 9.17) is 0 Å². The van der Waals surface area contributed by atoms with Crippen molar-refractivity contribution in [3.05, 3.63) is 53.9 Å². The van der Waals surface area contributed by atoms with E-state index in [1.165, 1.54) is 22.0 Å². The summed E-state index contributed by atoms with van der Waals surface area (Å²) in [5.41, 5.74) is 6.05. The summed E-state index contributed by atoms with van der Waals surface area (Å²) in [5, 5.41) is 1.29. The molecule has 0 unspecified atom stereocenters. The molecule has 0 aliphatic carbocycles. The predicted octanol–water partition coefficient (Wildman–Crippen LogP) is 3.85. The molecule has 3 aromatic rings. The summed E-state index contributed by atoms with van der Waals surface area (Å²) < 4.78 is 0. The van der Waals surface area contributed by atoms with Gasteiger partial charge in [-0.05, 0) is 49.2 Å². The number of nitrogens with zero attached hydrogens (tertiary/aromatic N) is 1. The summed E-state index contributed by atoms with van der Waals surface area (Å²) in [6, 6.07) is 10.6. The van der Waals surface area contributed by atoms with E-state index in [9.17, 15) is 0 Å². The van der Waals surface area contributed by atoms with Crippen LogP contribution in [0.4, 0.5) is 0 Å². The normalized spacial score (nSPS) is 10.9. The molecular formula is C15H14N2. The smallest absolute Gasteiger partial charge is 0.0480 e. The number of nitrogens with one attached hydrogen (secondary N) is 1. The molecule has 0 amide bonds. The molecular weight excluding hydrogens is 208 g/mol. The molecule has 0 saturated heterocycles. The van der Waals surface area contributed by atoms with Gasteiger partial charge in [0.05, 0.1) is 0 Å². The molecule has 2 heteroatoms. The highest BCUT2D eigenvalue weighted by molar-refractivity contribution is 5.88. The molecule has 84 valence electrons. The van der Waals surface area contributed by atoms with Crippen molar-refractivity contribution >= 4 is 10.9 Å². The van der Waals surface area contributed by atoms with E-state index < -0.39 is 0 Å². The second kappa shape index (κ2) is 3.74. The average molecular weight is 222 g/mol. The zero-order valence-corrected chi connectivity index (χ0v) is 9.99. The number of aryl methyl sites for hydroxylation is 2. The fourth-order valence-electron chi connectivity index (χ4n) is 2.28. The largest absolute Gasteiger partial charge is 0.354 e. The number of hydrogen-bond donors (Lipinski definition) is 1. The molecule has 3 rings (SSSR count). The van der Waals surface area contributed by atoms with E-state index in [0.29, 0.717) is 0 Å². The van der Waals surface area contributed by atoms with E-state index in [2.05, 4.69) is 48.1 Å². The van der Waals surface area contributed by atoms with Crippen molar-refractivity contribution < 1.29 is 0 Å². The Morgan fingerprint density at radius 1 is 1.12 bits per heavy atom. The Hall–Kier alpha value is -2.09. The van der Waals surface area contributed by atoms with Crippen LogP contribution in [0.25, 0.3) is 22.2 Å². The first kappa shape index (κ1) is 10.1. The summed E-state index contributed by atoms with van der Waals surface area (Å²) in [5.74, 6) is 0. The van der Waals surface area contributed by atoms with Gasteiger partial charge in [0.25, 0.3) is 0 Å². The molecule has 0 saturated carbocycles. The van der Waals surface area contributed by atoms with Crippen molar-refractivity contribution in [2.45, 2.75) is 13.8 Å². The number of hydrogen-bond acceptors (Lipinski definition) is 1. The number of aromatic nitrogens is 2. The van der Waals surface area contributed by atoms with Gasteiger partial charge in [-0.15, -0.1) is 0 Å². The van der Waals surface area contributed by atoms with Crippen LogP contribution in [0.1, 0.15) is 11.1 Å². The van der Waals surface area contributed by atoms with E-state index in [0.717, 1.165) is 11.3 Å². The van der Waals surface area contributed by atoms with E-state index >= 15 is 0 Å². The first-order chi connectivity index (χ1) is 8.24. The Kier molecular flexibility index (Phi) is 2.22. The van der Waals surface area contributed by atoms with Gasteiger partial charge < -0.3 is 4.98 Å². The minimum Gasteiger partial charge on any atom is -0.354 e. The fraction of sp³-hybridized carbons (Fsp3) is 0.133. The van der Waals surface area contributed by atoms with Gasteiger partial charge in [-0.2, -0.15) is 0 Å². The van der Waals surface area contributed by atoms with Crippen LogP contribution >= 0.6 is 0 Å². The lowest BCUT2D eigenvalue weighted by molar-refractivity contribution is 1.31. The van der Waals surface area contributed by atoms with Gasteiger partial charge in [0.2, 0.25) is 0 Å². The zero-order chi connectivity index (χ0) is 11.8. The van der Waals surface area contributed by atoms with Gasteiger partial charge in [0.1, 0.15) is 0 Å². The lowest BCUT2D eigenvalue weighted by Gasteiger charge is -1.97. The monoisotopic (exact) mass is 222 g/mol. The van der Waals surface area contributed by atoms with Crippen LogP contribution in [0.5, 0.6) is 0 Å². The summed E-state index contributed by atoms with van der Waals surface area (Å²) >= 11 is 0. The molecule has 2 nitrogen and oxygen atoms in total. The molecule has 0 aliphatic heterocycles. The molecule has 0 aliphatic rings. The van der Waals surface area contributed by atoms with Crippen LogP contribution < -0.4 is 0 Å². The van der Waals surface area contributed by atoms with Gasteiger partial charge in [0.15, 0.2) is 0 Å². The summed E-state index contributed by atoms with van der Waals surface area (Å²) in [6.45, 7) is 4.27. The molecule has 0 atom stereocenters. The van der Waals surface area contributed by atoms with Gasteiger partial charge >= 0.3 is 0 Å². The number of fused-ring (bicyclic) bond motifs is 1. The van der Waals surface area contributed by atoms with E-state index in [1.54, 1.807) is 6.20 Å². The lowest BCUT2D eigenvalue weighted by atomic mass is 10.1. The molecule has 1 aromatic carbocycles.